The minimum Gasteiger partial charge on any atom is -0.379 e. The van der Waals surface area contributed by atoms with Gasteiger partial charge < -0.3 is 25.0 Å². The van der Waals surface area contributed by atoms with Gasteiger partial charge in [-0.15, -0.1) is 0 Å². The molecule has 2 N–H and O–H groups in total. The van der Waals surface area contributed by atoms with Crippen LogP contribution in [-0.2, 0) is 9.47 Å². The maximum absolute atomic E-state index is 5.46. The first-order valence-corrected chi connectivity index (χ1v) is 7.31. The van der Waals surface area contributed by atoms with E-state index in [9.17, 15) is 0 Å². The fraction of sp³-hybridized carbons (Fsp3) is 0.769. The van der Waals surface area contributed by atoms with E-state index in [-0.39, 0.29) is 5.54 Å². The minimum absolute atomic E-state index is 0.116. The highest BCUT2D eigenvalue weighted by molar-refractivity contribution is 5.45. The lowest BCUT2D eigenvalue weighted by molar-refractivity contribution is 0.122. The summed E-state index contributed by atoms with van der Waals surface area (Å²) in [7, 11) is 1.81. The van der Waals surface area contributed by atoms with Crippen LogP contribution in [0.25, 0.3) is 0 Å². The number of rotatable bonds is 4. The van der Waals surface area contributed by atoms with Crippen LogP contribution in [0.5, 0.6) is 0 Å². The Balaban J connectivity index is 1.82. The molecule has 2 saturated heterocycles. The highest BCUT2D eigenvalue weighted by Gasteiger charge is 2.30. The molecule has 0 bridgehead atoms. The van der Waals surface area contributed by atoms with Crippen molar-refractivity contribution in [2.24, 2.45) is 0 Å². The van der Waals surface area contributed by atoms with Crippen molar-refractivity contribution in [1.29, 1.82) is 0 Å². The Morgan fingerprint density at radius 3 is 2.48 bits per heavy atom. The van der Waals surface area contributed by atoms with Gasteiger partial charge in [0.05, 0.1) is 25.4 Å². The van der Waals surface area contributed by atoms with Gasteiger partial charge in [-0.3, -0.25) is 0 Å². The van der Waals surface area contributed by atoms with E-state index in [0.717, 1.165) is 26.1 Å². The molecule has 8 nitrogen and oxygen atoms in total. The summed E-state index contributed by atoms with van der Waals surface area (Å²) < 4.78 is 10.8. The van der Waals surface area contributed by atoms with E-state index in [1.807, 2.05) is 7.05 Å². The van der Waals surface area contributed by atoms with Crippen molar-refractivity contribution >= 4 is 17.8 Å². The first-order valence-electron chi connectivity index (χ1n) is 7.31. The summed E-state index contributed by atoms with van der Waals surface area (Å²) in [5.74, 6) is 1.84. The van der Waals surface area contributed by atoms with Crippen LogP contribution < -0.4 is 15.5 Å². The summed E-state index contributed by atoms with van der Waals surface area (Å²) in [6, 6.07) is 0. The molecule has 3 heterocycles. The third-order valence-electron chi connectivity index (χ3n) is 3.77. The molecule has 1 atom stereocenters. The number of nitrogens with one attached hydrogen (secondary N) is 2. The molecule has 8 heteroatoms. The van der Waals surface area contributed by atoms with Crippen molar-refractivity contribution in [3.8, 4) is 0 Å². The zero-order valence-electron chi connectivity index (χ0n) is 12.6. The molecule has 1 aromatic heterocycles. The molecule has 1 unspecified atom stereocenters. The number of ether oxygens (including phenoxy) is 2. The number of aromatic nitrogens is 3. The zero-order chi connectivity index (χ0) is 14.7. The van der Waals surface area contributed by atoms with Crippen molar-refractivity contribution in [3.05, 3.63) is 0 Å². The first kappa shape index (κ1) is 14.3. The van der Waals surface area contributed by atoms with Gasteiger partial charge in [-0.05, 0) is 13.3 Å². The zero-order valence-corrected chi connectivity index (χ0v) is 12.6. The molecule has 2 aliphatic heterocycles. The van der Waals surface area contributed by atoms with Crippen LogP contribution in [0.3, 0.4) is 0 Å². The van der Waals surface area contributed by atoms with Gasteiger partial charge in [0, 0.05) is 26.7 Å². The molecule has 0 aliphatic carbocycles. The Bertz CT molecular complexity index is 486. The molecule has 21 heavy (non-hydrogen) atoms. The van der Waals surface area contributed by atoms with Gasteiger partial charge in [0.15, 0.2) is 0 Å². The maximum atomic E-state index is 5.46. The van der Waals surface area contributed by atoms with Gasteiger partial charge in [0.25, 0.3) is 0 Å². The first-order chi connectivity index (χ1) is 10.2. The second-order valence-corrected chi connectivity index (χ2v) is 5.62. The van der Waals surface area contributed by atoms with Crippen LogP contribution >= 0.6 is 0 Å². The van der Waals surface area contributed by atoms with E-state index in [4.69, 9.17) is 9.47 Å². The Morgan fingerprint density at radius 2 is 1.81 bits per heavy atom. The lowest BCUT2D eigenvalue weighted by Gasteiger charge is -2.28. The Labute approximate surface area is 124 Å². The second kappa shape index (κ2) is 5.98. The van der Waals surface area contributed by atoms with E-state index in [1.165, 1.54) is 0 Å². The molecule has 0 amide bonds. The molecule has 3 rings (SSSR count). The van der Waals surface area contributed by atoms with Gasteiger partial charge >= 0.3 is 0 Å². The van der Waals surface area contributed by atoms with E-state index < -0.39 is 0 Å². The minimum atomic E-state index is -0.116. The lowest BCUT2D eigenvalue weighted by atomic mass is 10.0. The normalized spacial score (nSPS) is 25.9. The molecule has 0 spiro atoms. The Morgan fingerprint density at radius 1 is 1.05 bits per heavy atom. The summed E-state index contributed by atoms with van der Waals surface area (Å²) in [6.07, 6.45) is 0.945. The van der Waals surface area contributed by atoms with Gasteiger partial charge in [-0.25, -0.2) is 0 Å². The molecule has 2 fully saturated rings. The molecule has 0 aromatic carbocycles. The van der Waals surface area contributed by atoms with Crippen molar-refractivity contribution in [2.75, 3.05) is 62.1 Å². The number of nitrogens with zero attached hydrogens (tertiary/aromatic N) is 4. The summed E-state index contributed by atoms with van der Waals surface area (Å²) in [5, 5.41) is 6.38. The predicted molar refractivity (Wildman–Crippen MR) is 79.9 cm³/mol. The highest BCUT2D eigenvalue weighted by atomic mass is 16.5. The Hall–Kier alpha value is -1.67. The maximum Gasteiger partial charge on any atom is 0.232 e. The second-order valence-electron chi connectivity index (χ2n) is 5.62. The van der Waals surface area contributed by atoms with E-state index in [2.05, 4.69) is 37.4 Å². The van der Waals surface area contributed by atoms with Crippen molar-refractivity contribution < 1.29 is 9.47 Å². The number of anilines is 3. The van der Waals surface area contributed by atoms with Gasteiger partial charge in [-0.2, -0.15) is 15.0 Å². The van der Waals surface area contributed by atoms with E-state index in [1.54, 1.807) is 0 Å². The van der Waals surface area contributed by atoms with Crippen LogP contribution in [0, 0.1) is 0 Å². The topological polar surface area (TPSA) is 84.4 Å². The molecular weight excluding hydrogens is 272 g/mol. The highest BCUT2D eigenvalue weighted by Crippen LogP contribution is 2.23. The summed E-state index contributed by atoms with van der Waals surface area (Å²) in [4.78, 5) is 15.5. The average Bonchev–Trinajstić information content (AvgIpc) is 2.94. The van der Waals surface area contributed by atoms with Crippen LogP contribution in [0.1, 0.15) is 13.3 Å². The van der Waals surface area contributed by atoms with E-state index >= 15 is 0 Å². The quantitative estimate of drug-likeness (QED) is 0.822. The smallest absolute Gasteiger partial charge is 0.232 e. The molecule has 0 radical (unpaired) electrons. The third-order valence-corrected chi connectivity index (χ3v) is 3.77. The van der Waals surface area contributed by atoms with Gasteiger partial charge in [0.2, 0.25) is 17.8 Å². The van der Waals surface area contributed by atoms with Crippen LogP contribution in [0.15, 0.2) is 0 Å². The summed E-state index contributed by atoms with van der Waals surface area (Å²) in [6.45, 7) is 6.56. The van der Waals surface area contributed by atoms with Gasteiger partial charge in [-0.1, -0.05) is 0 Å². The van der Waals surface area contributed by atoms with Gasteiger partial charge in [0.1, 0.15) is 0 Å². The van der Waals surface area contributed by atoms with Crippen molar-refractivity contribution in [1.82, 2.24) is 15.0 Å². The molecular formula is C13H22N6O2. The summed E-state index contributed by atoms with van der Waals surface area (Å²) >= 11 is 0. The molecule has 116 valence electrons. The fourth-order valence-corrected chi connectivity index (χ4v) is 2.47. The monoisotopic (exact) mass is 294 g/mol. The third kappa shape index (κ3) is 3.33. The molecule has 2 aliphatic rings. The largest absolute Gasteiger partial charge is 0.379 e. The van der Waals surface area contributed by atoms with Crippen LogP contribution in [0.4, 0.5) is 17.8 Å². The SMILES string of the molecule is CNc1nc(NC2(C)CCOC2)nc(N2CCOCC2)n1. The molecule has 0 saturated carbocycles. The van der Waals surface area contributed by atoms with Crippen LogP contribution in [0.2, 0.25) is 0 Å². The Kier molecular flexibility index (Phi) is 4.07. The lowest BCUT2D eigenvalue weighted by Crippen LogP contribution is -2.39. The van der Waals surface area contributed by atoms with Crippen LogP contribution in [-0.4, -0.2) is 67.1 Å². The standard InChI is InChI=1S/C13H22N6O2/c1-13(3-6-21-9-13)18-11-15-10(14-2)16-12(17-11)19-4-7-20-8-5-19/h3-9H2,1-2H3,(H2,14,15,16,17,18). The van der Waals surface area contributed by atoms with Crippen molar-refractivity contribution in [3.63, 3.8) is 0 Å². The predicted octanol–water partition coefficient (Wildman–Crippen LogP) is 0.341. The van der Waals surface area contributed by atoms with E-state index in [0.29, 0.717) is 37.7 Å². The average molecular weight is 294 g/mol. The number of hydrogen-bond acceptors (Lipinski definition) is 8. The van der Waals surface area contributed by atoms with Crippen molar-refractivity contribution in [2.45, 2.75) is 18.9 Å². The summed E-state index contributed by atoms with van der Waals surface area (Å²) in [5.41, 5.74) is -0.116. The number of hydrogen-bond donors (Lipinski definition) is 2. The number of morpholine rings is 1. The fourth-order valence-electron chi connectivity index (χ4n) is 2.47. The molecule has 1 aromatic rings.